The third-order valence-electron chi connectivity index (χ3n) is 3.56. The fourth-order valence-corrected chi connectivity index (χ4v) is 2.73. The molecule has 1 aliphatic rings. The van der Waals surface area contributed by atoms with Gasteiger partial charge < -0.3 is 5.32 Å². The van der Waals surface area contributed by atoms with E-state index >= 15 is 0 Å². The zero-order valence-corrected chi connectivity index (χ0v) is 14.5. The van der Waals surface area contributed by atoms with E-state index in [4.69, 9.17) is 16.9 Å². The van der Waals surface area contributed by atoms with Crippen LogP contribution in [0.2, 0.25) is 5.02 Å². The van der Waals surface area contributed by atoms with Crippen molar-refractivity contribution in [2.45, 2.75) is 18.6 Å². The molecule has 1 aromatic rings. The number of alkyl halides is 3. The molecule has 1 aromatic carbocycles. The molecule has 1 heterocycles. The van der Waals surface area contributed by atoms with Crippen molar-refractivity contribution in [2.24, 2.45) is 0 Å². The van der Waals surface area contributed by atoms with Crippen LogP contribution < -0.4 is 5.32 Å². The first kappa shape index (κ1) is 22.3. The summed E-state index contributed by atoms with van der Waals surface area (Å²) in [4.78, 5) is 2.00. The van der Waals surface area contributed by atoms with Gasteiger partial charge in [0.2, 0.25) is 0 Å². The normalized spacial score (nSPS) is 16.7. The highest BCUT2D eigenvalue weighted by Gasteiger charge is 2.32. The van der Waals surface area contributed by atoms with Crippen molar-refractivity contribution < 1.29 is 13.2 Å². The van der Waals surface area contributed by atoms with Crippen LogP contribution in [0.1, 0.15) is 23.6 Å². The topological polar surface area (TPSA) is 39.1 Å². The summed E-state index contributed by atoms with van der Waals surface area (Å²) in [6.07, 6.45) is -4.30. The minimum atomic E-state index is -4.42. The van der Waals surface area contributed by atoms with Crippen LogP contribution in [0.5, 0.6) is 0 Å². The fourth-order valence-electron chi connectivity index (χ4n) is 2.49. The highest BCUT2D eigenvalue weighted by Crippen LogP contribution is 2.36. The molecular weight excluding hydrogens is 374 g/mol. The van der Waals surface area contributed by atoms with E-state index in [-0.39, 0.29) is 36.3 Å². The van der Waals surface area contributed by atoms with E-state index < -0.39 is 17.8 Å². The van der Waals surface area contributed by atoms with Gasteiger partial charge in [-0.15, -0.1) is 24.8 Å². The molecule has 1 atom stereocenters. The molecule has 0 saturated carbocycles. The molecule has 1 N–H and O–H groups in total. The first-order chi connectivity index (χ1) is 9.93. The van der Waals surface area contributed by atoms with E-state index in [1.807, 2.05) is 11.0 Å². The van der Waals surface area contributed by atoms with Crippen LogP contribution in [-0.2, 0) is 6.18 Å². The Morgan fingerprint density at radius 2 is 1.87 bits per heavy atom. The number of nitrogens with one attached hydrogen (secondary N) is 1. The van der Waals surface area contributed by atoms with E-state index in [0.29, 0.717) is 18.7 Å². The molecular formula is C14H17Cl3F3N3. The van der Waals surface area contributed by atoms with E-state index in [1.165, 1.54) is 6.07 Å². The van der Waals surface area contributed by atoms with Gasteiger partial charge in [0.25, 0.3) is 0 Å². The van der Waals surface area contributed by atoms with E-state index in [1.54, 1.807) is 0 Å². The second-order valence-corrected chi connectivity index (χ2v) is 5.31. The molecule has 0 unspecified atom stereocenters. The van der Waals surface area contributed by atoms with Crippen LogP contribution in [0, 0.1) is 11.3 Å². The average molecular weight is 391 g/mol. The van der Waals surface area contributed by atoms with Crippen LogP contribution in [0.3, 0.4) is 0 Å². The number of nitrogens with zero attached hydrogens (tertiary/aromatic N) is 2. The Balaban J connectivity index is 0.00000242. The first-order valence-electron chi connectivity index (χ1n) is 6.62. The molecule has 0 radical (unpaired) electrons. The van der Waals surface area contributed by atoms with Gasteiger partial charge in [-0.3, -0.25) is 4.90 Å². The van der Waals surface area contributed by atoms with Crippen molar-refractivity contribution in [3.8, 4) is 6.07 Å². The zero-order chi connectivity index (χ0) is 15.5. The van der Waals surface area contributed by atoms with Crippen LogP contribution in [0.15, 0.2) is 18.2 Å². The van der Waals surface area contributed by atoms with Crippen LogP contribution >= 0.6 is 36.4 Å². The van der Waals surface area contributed by atoms with Crippen LogP contribution in [-0.4, -0.2) is 31.1 Å². The van der Waals surface area contributed by atoms with Gasteiger partial charge in [0.05, 0.1) is 18.1 Å². The molecule has 2 rings (SSSR count). The number of benzene rings is 1. The lowest BCUT2D eigenvalue weighted by Gasteiger charge is -2.34. The Morgan fingerprint density at radius 1 is 1.26 bits per heavy atom. The summed E-state index contributed by atoms with van der Waals surface area (Å²) in [6, 6.07) is 4.92. The molecule has 0 bridgehead atoms. The lowest BCUT2D eigenvalue weighted by Crippen LogP contribution is -2.45. The maximum absolute atomic E-state index is 12.9. The van der Waals surface area contributed by atoms with Gasteiger partial charge in [-0.25, -0.2) is 0 Å². The highest BCUT2D eigenvalue weighted by atomic mass is 35.5. The molecule has 130 valence electrons. The molecule has 0 spiro atoms. The standard InChI is InChI=1S/C14H15ClF3N3.2ClH/c15-12-2-1-10(14(16,17)18)9-11(12)13(3-4-19)21-7-5-20-6-8-21;;/h1-2,9,13,20H,3,5-8H2;2*1H/t13-;;/m1../s1. The van der Waals surface area contributed by atoms with Gasteiger partial charge in [-0.1, -0.05) is 11.6 Å². The number of hydrogen-bond acceptors (Lipinski definition) is 3. The quantitative estimate of drug-likeness (QED) is 0.846. The Kier molecular flexibility index (Phi) is 9.26. The highest BCUT2D eigenvalue weighted by molar-refractivity contribution is 6.31. The smallest absolute Gasteiger partial charge is 0.314 e. The zero-order valence-electron chi connectivity index (χ0n) is 12.1. The van der Waals surface area contributed by atoms with Crippen LogP contribution in [0.4, 0.5) is 13.2 Å². The summed E-state index contributed by atoms with van der Waals surface area (Å²) >= 11 is 6.08. The van der Waals surface area contributed by atoms with Crippen molar-refractivity contribution in [3.63, 3.8) is 0 Å². The van der Waals surface area contributed by atoms with Crippen LogP contribution in [0.25, 0.3) is 0 Å². The van der Waals surface area contributed by atoms with Crippen molar-refractivity contribution >= 4 is 36.4 Å². The summed E-state index contributed by atoms with van der Waals surface area (Å²) in [7, 11) is 0. The van der Waals surface area contributed by atoms with Crippen molar-refractivity contribution in [1.29, 1.82) is 5.26 Å². The molecule has 1 saturated heterocycles. The molecule has 0 amide bonds. The fraction of sp³-hybridized carbons (Fsp3) is 0.500. The molecule has 3 nitrogen and oxygen atoms in total. The molecule has 9 heteroatoms. The Hall–Kier alpha value is -0.710. The number of hydrogen-bond donors (Lipinski definition) is 1. The van der Waals surface area contributed by atoms with Gasteiger partial charge in [-0.05, 0) is 23.8 Å². The predicted molar refractivity (Wildman–Crippen MR) is 88.4 cm³/mol. The second kappa shape index (κ2) is 9.55. The third-order valence-corrected chi connectivity index (χ3v) is 3.90. The molecule has 0 aliphatic carbocycles. The largest absolute Gasteiger partial charge is 0.416 e. The number of piperazine rings is 1. The minimum Gasteiger partial charge on any atom is -0.314 e. The lowest BCUT2D eigenvalue weighted by atomic mass is 9.99. The summed E-state index contributed by atoms with van der Waals surface area (Å²) in [5.74, 6) is 0. The summed E-state index contributed by atoms with van der Waals surface area (Å²) in [6.45, 7) is 2.86. The molecule has 23 heavy (non-hydrogen) atoms. The monoisotopic (exact) mass is 389 g/mol. The summed E-state index contributed by atoms with van der Waals surface area (Å²) in [5, 5.41) is 12.4. The van der Waals surface area contributed by atoms with Gasteiger partial charge >= 0.3 is 6.18 Å². The number of rotatable bonds is 3. The Morgan fingerprint density at radius 3 is 2.39 bits per heavy atom. The molecule has 1 fully saturated rings. The maximum Gasteiger partial charge on any atom is 0.416 e. The van der Waals surface area contributed by atoms with E-state index in [2.05, 4.69) is 5.32 Å². The lowest BCUT2D eigenvalue weighted by molar-refractivity contribution is -0.137. The summed E-state index contributed by atoms with van der Waals surface area (Å²) < 4.78 is 38.6. The van der Waals surface area contributed by atoms with E-state index in [9.17, 15) is 13.2 Å². The molecule has 0 aromatic heterocycles. The summed E-state index contributed by atoms with van der Waals surface area (Å²) in [5.41, 5.74) is -0.366. The van der Waals surface area contributed by atoms with Crippen molar-refractivity contribution in [1.82, 2.24) is 10.2 Å². The Labute approximate surface area is 150 Å². The third kappa shape index (κ3) is 5.70. The number of halogens is 6. The average Bonchev–Trinajstić information content (AvgIpc) is 2.45. The van der Waals surface area contributed by atoms with Crippen molar-refractivity contribution in [2.75, 3.05) is 26.2 Å². The van der Waals surface area contributed by atoms with Gasteiger partial charge in [-0.2, -0.15) is 18.4 Å². The number of nitriles is 1. The van der Waals surface area contributed by atoms with E-state index in [0.717, 1.165) is 25.2 Å². The first-order valence-corrected chi connectivity index (χ1v) is 6.99. The van der Waals surface area contributed by atoms with Gasteiger partial charge in [0.1, 0.15) is 0 Å². The molecule has 1 aliphatic heterocycles. The maximum atomic E-state index is 12.9. The predicted octanol–water partition coefficient (Wildman–Crippen LogP) is 4.06. The van der Waals surface area contributed by atoms with Gasteiger partial charge in [0, 0.05) is 37.2 Å². The minimum absolute atomic E-state index is 0. The second-order valence-electron chi connectivity index (χ2n) is 4.90. The van der Waals surface area contributed by atoms with Gasteiger partial charge in [0.15, 0.2) is 0 Å². The SMILES string of the molecule is Cl.Cl.N#CC[C@H](c1cc(C(F)(F)F)ccc1Cl)N1CCNCC1. The van der Waals surface area contributed by atoms with Crippen molar-refractivity contribution in [3.05, 3.63) is 34.3 Å². The Bertz CT molecular complexity index is 540.